The SMILES string of the molecule is NCC1CCCCN1C(=O)c1csc(-c2ccc3c(c2)OCCO3)n1. The summed E-state index contributed by atoms with van der Waals surface area (Å²) < 4.78 is 11.2. The van der Waals surface area contributed by atoms with Crippen LogP contribution in [0.1, 0.15) is 29.8 Å². The molecule has 132 valence electrons. The predicted molar refractivity (Wildman–Crippen MR) is 96.3 cm³/mol. The molecule has 1 amide bonds. The van der Waals surface area contributed by atoms with Crippen molar-refractivity contribution in [3.8, 4) is 22.1 Å². The van der Waals surface area contributed by atoms with Crippen LogP contribution in [0.3, 0.4) is 0 Å². The minimum absolute atomic E-state index is 0.0183. The van der Waals surface area contributed by atoms with E-state index in [-0.39, 0.29) is 11.9 Å². The highest BCUT2D eigenvalue weighted by Crippen LogP contribution is 2.35. The zero-order valence-corrected chi connectivity index (χ0v) is 14.8. The van der Waals surface area contributed by atoms with Gasteiger partial charge in [0.05, 0.1) is 0 Å². The number of thiazole rings is 1. The van der Waals surface area contributed by atoms with E-state index in [9.17, 15) is 4.79 Å². The van der Waals surface area contributed by atoms with Crippen molar-refractivity contribution in [2.45, 2.75) is 25.3 Å². The van der Waals surface area contributed by atoms with Gasteiger partial charge in [0.2, 0.25) is 0 Å². The molecule has 4 rings (SSSR count). The standard InChI is InChI=1S/C18H21N3O3S/c19-10-13-3-1-2-6-21(13)18(22)14-11-25-17(20-14)12-4-5-15-16(9-12)24-8-7-23-15/h4-5,9,11,13H,1-3,6-8,10,19H2. The Bertz CT molecular complexity index is 777. The number of nitrogens with two attached hydrogens (primary N) is 1. The molecule has 1 unspecified atom stereocenters. The second kappa shape index (κ2) is 7.01. The van der Waals surface area contributed by atoms with E-state index in [0.29, 0.717) is 25.5 Å². The predicted octanol–water partition coefficient (Wildman–Crippen LogP) is 2.53. The topological polar surface area (TPSA) is 77.7 Å². The first-order valence-corrected chi connectivity index (χ1v) is 9.51. The number of fused-ring (bicyclic) bond motifs is 1. The number of rotatable bonds is 3. The Kier molecular flexibility index (Phi) is 4.59. The zero-order valence-electron chi connectivity index (χ0n) is 13.9. The van der Waals surface area contributed by atoms with Gasteiger partial charge in [0, 0.05) is 30.1 Å². The van der Waals surface area contributed by atoms with Gasteiger partial charge < -0.3 is 20.1 Å². The summed E-state index contributed by atoms with van der Waals surface area (Å²) in [6.07, 6.45) is 3.13. The molecular weight excluding hydrogens is 338 g/mol. The van der Waals surface area contributed by atoms with E-state index in [0.717, 1.165) is 47.9 Å². The van der Waals surface area contributed by atoms with Crippen molar-refractivity contribution in [1.29, 1.82) is 0 Å². The fraction of sp³-hybridized carbons (Fsp3) is 0.444. The van der Waals surface area contributed by atoms with Crippen LogP contribution in [-0.2, 0) is 0 Å². The van der Waals surface area contributed by atoms with Crippen molar-refractivity contribution < 1.29 is 14.3 Å². The number of nitrogens with zero attached hydrogens (tertiary/aromatic N) is 2. The number of hydrogen-bond donors (Lipinski definition) is 1. The van der Waals surface area contributed by atoms with Crippen LogP contribution in [0.5, 0.6) is 11.5 Å². The van der Waals surface area contributed by atoms with Gasteiger partial charge in [-0.25, -0.2) is 4.98 Å². The number of hydrogen-bond acceptors (Lipinski definition) is 6. The van der Waals surface area contributed by atoms with Crippen LogP contribution in [-0.4, -0.2) is 48.1 Å². The Morgan fingerprint density at radius 3 is 2.96 bits per heavy atom. The Morgan fingerprint density at radius 1 is 1.28 bits per heavy atom. The molecule has 1 aromatic heterocycles. The highest BCUT2D eigenvalue weighted by atomic mass is 32.1. The van der Waals surface area contributed by atoms with E-state index in [2.05, 4.69) is 4.98 Å². The van der Waals surface area contributed by atoms with Crippen molar-refractivity contribution in [1.82, 2.24) is 9.88 Å². The quantitative estimate of drug-likeness (QED) is 0.911. The first kappa shape index (κ1) is 16.4. The first-order chi connectivity index (χ1) is 12.3. The van der Waals surface area contributed by atoms with Gasteiger partial charge in [0.15, 0.2) is 11.5 Å². The molecule has 0 spiro atoms. The maximum absolute atomic E-state index is 12.8. The fourth-order valence-corrected chi connectivity index (χ4v) is 4.13. The molecule has 0 saturated carbocycles. The summed E-state index contributed by atoms with van der Waals surface area (Å²) >= 11 is 1.47. The Morgan fingerprint density at radius 2 is 2.12 bits per heavy atom. The summed E-state index contributed by atoms with van der Waals surface area (Å²) in [6, 6.07) is 5.89. The molecule has 2 N–H and O–H groups in total. The molecule has 3 heterocycles. The lowest BCUT2D eigenvalue weighted by Crippen LogP contribution is -2.47. The summed E-state index contributed by atoms with van der Waals surface area (Å²) in [5.74, 6) is 1.46. The number of carbonyl (C=O) groups excluding carboxylic acids is 1. The molecule has 7 heteroatoms. The van der Waals surface area contributed by atoms with E-state index in [1.165, 1.54) is 11.3 Å². The maximum Gasteiger partial charge on any atom is 0.273 e. The van der Waals surface area contributed by atoms with Crippen molar-refractivity contribution in [3.05, 3.63) is 29.3 Å². The summed E-state index contributed by atoms with van der Waals surface area (Å²) in [4.78, 5) is 19.3. The molecule has 2 aliphatic heterocycles. The van der Waals surface area contributed by atoms with Crippen LogP contribution in [0, 0.1) is 0 Å². The largest absolute Gasteiger partial charge is 0.486 e. The zero-order chi connectivity index (χ0) is 17.2. The highest BCUT2D eigenvalue weighted by molar-refractivity contribution is 7.13. The Balaban J connectivity index is 1.56. The minimum Gasteiger partial charge on any atom is -0.486 e. The number of amides is 1. The van der Waals surface area contributed by atoms with E-state index in [1.54, 1.807) is 0 Å². The van der Waals surface area contributed by atoms with Crippen LogP contribution in [0.25, 0.3) is 10.6 Å². The van der Waals surface area contributed by atoms with E-state index >= 15 is 0 Å². The van der Waals surface area contributed by atoms with Gasteiger partial charge >= 0.3 is 0 Å². The molecule has 25 heavy (non-hydrogen) atoms. The molecular formula is C18H21N3O3S. The number of piperidine rings is 1. The average Bonchev–Trinajstić information content (AvgIpc) is 3.17. The van der Waals surface area contributed by atoms with Gasteiger partial charge in [0.1, 0.15) is 23.9 Å². The van der Waals surface area contributed by atoms with Crippen LogP contribution in [0.15, 0.2) is 23.6 Å². The molecule has 1 aromatic carbocycles. The molecule has 1 fully saturated rings. The number of likely N-dealkylation sites (tertiary alicyclic amines) is 1. The number of aromatic nitrogens is 1. The van der Waals surface area contributed by atoms with Gasteiger partial charge in [-0.3, -0.25) is 4.79 Å². The Hall–Kier alpha value is -2.12. The smallest absolute Gasteiger partial charge is 0.273 e. The molecule has 2 aliphatic rings. The molecule has 0 aliphatic carbocycles. The monoisotopic (exact) mass is 359 g/mol. The maximum atomic E-state index is 12.8. The van der Waals surface area contributed by atoms with Crippen LogP contribution in [0.4, 0.5) is 0 Å². The molecule has 2 aromatic rings. The summed E-state index contributed by atoms with van der Waals surface area (Å²) in [6.45, 7) is 2.39. The lowest BCUT2D eigenvalue weighted by molar-refractivity contribution is 0.0618. The number of ether oxygens (including phenoxy) is 2. The third-order valence-corrected chi connectivity index (χ3v) is 5.56. The van der Waals surface area contributed by atoms with Gasteiger partial charge in [-0.05, 0) is 37.5 Å². The minimum atomic E-state index is -0.0183. The van der Waals surface area contributed by atoms with Crippen LogP contribution in [0.2, 0.25) is 0 Å². The van der Waals surface area contributed by atoms with Crippen molar-refractivity contribution in [2.75, 3.05) is 26.3 Å². The second-order valence-corrected chi connectivity index (χ2v) is 7.14. The average molecular weight is 359 g/mol. The third-order valence-electron chi connectivity index (χ3n) is 4.67. The summed E-state index contributed by atoms with van der Waals surface area (Å²) in [5.41, 5.74) is 7.26. The number of carbonyl (C=O) groups is 1. The van der Waals surface area contributed by atoms with E-state index in [1.807, 2.05) is 28.5 Å². The lowest BCUT2D eigenvalue weighted by atomic mass is 10.0. The summed E-state index contributed by atoms with van der Waals surface area (Å²) in [5, 5.41) is 2.64. The van der Waals surface area contributed by atoms with Gasteiger partial charge in [-0.15, -0.1) is 11.3 Å². The van der Waals surface area contributed by atoms with Gasteiger partial charge in [-0.2, -0.15) is 0 Å². The molecule has 0 bridgehead atoms. The Labute approximate surface area is 150 Å². The normalized spacial score (nSPS) is 19.7. The van der Waals surface area contributed by atoms with Crippen molar-refractivity contribution in [3.63, 3.8) is 0 Å². The molecule has 6 nitrogen and oxygen atoms in total. The van der Waals surface area contributed by atoms with Crippen LogP contribution >= 0.6 is 11.3 Å². The van der Waals surface area contributed by atoms with Crippen LogP contribution < -0.4 is 15.2 Å². The highest BCUT2D eigenvalue weighted by Gasteiger charge is 2.28. The molecule has 1 saturated heterocycles. The van der Waals surface area contributed by atoms with Gasteiger partial charge in [-0.1, -0.05) is 0 Å². The van der Waals surface area contributed by atoms with E-state index in [4.69, 9.17) is 15.2 Å². The first-order valence-electron chi connectivity index (χ1n) is 8.63. The fourth-order valence-electron chi connectivity index (χ4n) is 3.34. The second-order valence-electron chi connectivity index (χ2n) is 6.28. The molecule has 0 radical (unpaired) electrons. The number of benzene rings is 1. The molecule has 1 atom stereocenters. The third kappa shape index (κ3) is 3.21. The van der Waals surface area contributed by atoms with Crippen molar-refractivity contribution in [2.24, 2.45) is 5.73 Å². The van der Waals surface area contributed by atoms with Crippen molar-refractivity contribution >= 4 is 17.2 Å². The van der Waals surface area contributed by atoms with Gasteiger partial charge in [0.25, 0.3) is 5.91 Å². The lowest BCUT2D eigenvalue weighted by Gasteiger charge is -2.34. The summed E-state index contributed by atoms with van der Waals surface area (Å²) in [7, 11) is 0. The van der Waals surface area contributed by atoms with E-state index < -0.39 is 0 Å².